The van der Waals surface area contributed by atoms with Crippen LogP contribution in [0.1, 0.15) is 18.9 Å². The second-order valence-corrected chi connectivity index (χ2v) is 5.21. The summed E-state index contributed by atoms with van der Waals surface area (Å²) in [5.74, 6) is 0.485. The van der Waals surface area contributed by atoms with E-state index in [4.69, 9.17) is 14.6 Å². The summed E-state index contributed by atoms with van der Waals surface area (Å²) >= 11 is 0. The molecule has 21 heavy (non-hydrogen) atoms. The second-order valence-electron chi connectivity index (χ2n) is 5.21. The van der Waals surface area contributed by atoms with Gasteiger partial charge in [0.2, 0.25) is 6.29 Å². The molecule has 6 heteroatoms. The van der Waals surface area contributed by atoms with Crippen LogP contribution in [0.2, 0.25) is 0 Å². The van der Waals surface area contributed by atoms with Crippen LogP contribution in [0.3, 0.4) is 0 Å². The first-order chi connectivity index (χ1) is 10.1. The van der Waals surface area contributed by atoms with E-state index in [1.54, 1.807) is 12.1 Å². The third-order valence-electron chi connectivity index (χ3n) is 3.56. The molecule has 1 aromatic rings. The van der Waals surface area contributed by atoms with Crippen LogP contribution >= 0.6 is 0 Å². The molecule has 5 atom stereocenters. The van der Waals surface area contributed by atoms with E-state index < -0.39 is 37.3 Å². The Morgan fingerprint density at radius 2 is 1.71 bits per heavy atom. The maximum atomic E-state index is 9.88. The summed E-state index contributed by atoms with van der Waals surface area (Å²) in [6.07, 6.45) is -4.28. The van der Waals surface area contributed by atoms with Crippen LogP contribution in [0.4, 0.5) is 0 Å². The van der Waals surface area contributed by atoms with Gasteiger partial charge in [0.1, 0.15) is 30.2 Å². The van der Waals surface area contributed by atoms with E-state index in [0.29, 0.717) is 5.75 Å². The molecule has 6 nitrogen and oxygen atoms in total. The van der Waals surface area contributed by atoms with Crippen LogP contribution < -0.4 is 4.74 Å². The first-order valence-corrected chi connectivity index (χ1v) is 7.13. The van der Waals surface area contributed by atoms with Gasteiger partial charge in [-0.25, -0.2) is 0 Å². The SMILES string of the molecule is CCCc1ccc(O[C@H]2O[C@@H](CO)[C@@H](O)[C@@H](O)[C@H]2O)cc1. The Bertz CT molecular complexity index is 432. The molecule has 1 fully saturated rings. The number of aliphatic hydroxyl groups is 4. The first kappa shape index (κ1) is 16.2. The van der Waals surface area contributed by atoms with Gasteiger partial charge < -0.3 is 29.9 Å². The van der Waals surface area contributed by atoms with Crippen molar-refractivity contribution in [3.05, 3.63) is 29.8 Å². The van der Waals surface area contributed by atoms with Crippen molar-refractivity contribution in [3.8, 4) is 5.75 Å². The number of hydrogen-bond donors (Lipinski definition) is 4. The molecule has 0 aliphatic carbocycles. The van der Waals surface area contributed by atoms with Gasteiger partial charge in [0.15, 0.2) is 0 Å². The molecule has 0 amide bonds. The Kier molecular flexibility index (Phi) is 5.55. The zero-order valence-corrected chi connectivity index (χ0v) is 11.9. The fourth-order valence-corrected chi connectivity index (χ4v) is 2.32. The molecule has 1 aliphatic rings. The second kappa shape index (κ2) is 7.20. The predicted molar refractivity (Wildman–Crippen MR) is 74.8 cm³/mol. The molecule has 0 spiro atoms. The molecule has 2 rings (SSSR count). The highest BCUT2D eigenvalue weighted by Gasteiger charge is 2.44. The molecule has 1 saturated heterocycles. The van der Waals surface area contributed by atoms with Gasteiger partial charge in [0, 0.05) is 0 Å². The minimum absolute atomic E-state index is 0.472. The van der Waals surface area contributed by atoms with Crippen molar-refractivity contribution in [1.29, 1.82) is 0 Å². The third-order valence-corrected chi connectivity index (χ3v) is 3.56. The van der Waals surface area contributed by atoms with Gasteiger partial charge in [0.25, 0.3) is 0 Å². The molecule has 1 heterocycles. The summed E-state index contributed by atoms with van der Waals surface area (Å²) in [6.45, 7) is 1.62. The lowest BCUT2D eigenvalue weighted by atomic mass is 9.99. The van der Waals surface area contributed by atoms with Crippen LogP contribution in [-0.4, -0.2) is 57.7 Å². The van der Waals surface area contributed by atoms with Gasteiger partial charge in [-0.2, -0.15) is 0 Å². The van der Waals surface area contributed by atoms with E-state index in [2.05, 4.69) is 6.92 Å². The zero-order valence-electron chi connectivity index (χ0n) is 11.9. The zero-order chi connectivity index (χ0) is 15.4. The number of ether oxygens (including phenoxy) is 2. The molecular weight excluding hydrogens is 276 g/mol. The maximum Gasteiger partial charge on any atom is 0.229 e. The minimum atomic E-state index is -1.43. The Morgan fingerprint density at radius 3 is 2.29 bits per heavy atom. The molecule has 0 unspecified atom stereocenters. The third kappa shape index (κ3) is 3.72. The van der Waals surface area contributed by atoms with E-state index in [9.17, 15) is 15.3 Å². The average molecular weight is 298 g/mol. The number of aliphatic hydroxyl groups excluding tert-OH is 4. The van der Waals surface area contributed by atoms with Gasteiger partial charge in [-0.15, -0.1) is 0 Å². The lowest BCUT2D eigenvalue weighted by molar-refractivity contribution is -0.277. The van der Waals surface area contributed by atoms with Crippen LogP contribution in [-0.2, 0) is 11.2 Å². The molecule has 4 N–H and O–H groups in total. The van der Waals surface area contributed by atoms with E-state index in [-0.39, 0.29) is 0 Å². The van der Waals surface area contributed by atoms with Crippen LogP contribution in [0.25, 0.3) is 0 Å². The topological polar surface area (TPSA) is 99.4 Å². The van der Waals surface area contributed by atoms with Crippen molar-refractivity contribution >= 4 is 0 Å². The van der Waals surface area contributed by atoms with Crippen molar-refractivity contribution in [2.24, 2.45) is 0 Å². The van der Waals surface area contributed by atoms with E-state index in [1.165, 1.54) is 5.56 Å². The van der Waals surface area contributed by atoms with Crippen molar-refractivity contribution in [1.82, 2.24) is 0 Å². The van der Waals surface area contributed by atoms with Gasteiger partial charge in [-0.05, 0) is 24.1 Å². The van der Waals surface area contributed by atoms with Gasteiger partial charge in [-0.1, -0.05) is 25.5 Å². The fourth-order valence-electron chi connectivity index (χ4n) is 2.32. The number of rotatable bonds is 5. The Balaban J connectivity index is 2.03. The molecule has 0 radical (unpaired) electrons. The summed E-state index contributed by atoms with van der Waals surface area (Å²) in [4.78, 5) is 0. The molecule has 118 valence electrons. The van der Waals surface area contributed by atoms with Crippen molar-refractivity contribution in [2.75, 3.05) is 6.61 Å². The van der Waals surface area contributed by atoms with E-state index in [0.717, 1.165) is 12.8 Å². The number of benzene rings is 1. The summed E-state index contributed by atoms with van der Waals surface area (Å²) in [7, 11) is 0. The van der Waals surface area contributed by atoms with E-state index in [1.807, 2.05) is 12.1 Å². The molecular formula is C15H22O6. The fraction of sp³-hybridized carbons (Fsp3) is 0.600. The van der Waals surface area contributed by atoms with Crippen molar-refractivity contribution in [2.45, 2.75) is 50.5 Å². The highest BCUT2D eigenvalue weighted by atomic mass is 16.7. The lowest BCUT2D eigenvalue weighted by Crippen LogP contribution is -2.60. The standard InChI is InChI=1S/C15H22O6/c1-2-3-9-4-6-10(7-5-9)20-15-14(19)13(18)12(17)11(8-16)21-15/h4-7,11-19H,2-3,8H2,1H3/t11-,12+,13+,14+,15-/m0/s1. The molecule has 0 bridgehead atoms. The smallest absolute Gasteiger partial charge is 0.229 e. The number of hydrogen-bond acceptors (Lipinski definition) is 6. The summed E-state index contributed by atoms with van der Waals surface area (Å²) in [5, 5.41) is 38.4. The average Bonchev–Trinajstić information content (AvgIpc) is 2.50. The van der Waals surface area contributed by atoms with Crippen molar-refractivity contribution in [3.63, 3.8) is 0 Å². The highest BCUT2D eigenvalue weighted by Crippen LogP contribution is 2.24. The van der Waals surface area contributed by atoms with Gasteiger partial charge >= 0.3 is 0 Å². The van der Waals surface area contributed by atoms with E-state index >= 15 is 0 Å². The summed E-state index contributed by atoms with van der Waals surface area (Å²) in [5.41, 5.74) is 1.18. The summed E-state index contributed by atoms with van der Waals surface area (Å²) in [6, 6.07) is 7.35. The first-order valence-electron chi connectivity index (χ1n) is 7.13. The highest BCUT2D eigenvalue weighted by molar-refractivity contribution is 5.27. The monoisotopic (exact) mass is 298 g/mol. The van der Waals surface area contributed by atoms with Crippen LogP contribution in [0.5, 0.6) is 5.75 Å². The Hall–Kier alpha value is -1.18. The van der Waals surface area contributed by atoms with Crippen molar-refractivity contribution < 1.29 is 29.9 Å². The molecule has 1 aromatic carbocycles. The maximum absolute atomic E-state index is 9.88. The van der Waals surface area contributed by atoms with Crippen LogP contribution in [0.15, 0.2) is 24.3 Å². The van der Waals surface area contributed by atoms with Crippen LogP contribution in [0, 0.1) is 0 Å². The quantitative estimate of drug-likeness (QED) is 0.602. The normalized spacial score (nSPS) is 32.9. The number of aryl methyl sites for hydroxylation is 1. The predicted octanol–water partition coefficient (Wildman–Crippen LogP) is -0.182. The largest absolute Gasteiger partial charge is 0.462 e. The molecule has 0 aromatic heterocycles. The van der Waals surface area contributed by atoms with Gasteiger partial charge in [-0.3, -0.25) is 0 Å². The Morgan fingerprint density at radius 1 is 1.05 bits per heavy atom. The Labute approximate surface area is 123 Å². The summed E-state index contributed by atoms with van der Waals surface area (Å²) < 4.78 is 10.8. The lowest BCUT2D eigenvalue weighted by Gasteiger charge is -2.39. The molecule has 0 saturated carbocycles. The van der Waals surface area contributed by atoms with Gasteiger partial charge in [0.05, 0.1) is 6.61 Å². The molecule has 1 aliphatic heterocycles. The minimum Gasteiger partial charge on any atom is -0.462 e.